The average Bonchev–Trinajstić information content (AvgIpc) is 3.13. The molecule has 4 heteroatoms. The topological polar surface area (TPSA) is 57.8 Å². The third-order valence-electron chi connectivity index (χ3n) is 5.60. The number of nitrogens with zero attached hydrogens (tertiary/aromatic N) is 1. The predicted octanol–water partition coefficient (Wildman–Crippen LogP) is 3.66. The molecule has 2 saturated carbocycles. The third-order valence-corrected chi connectivity index (χ3v) is 5.60. The zero-order valence-corrected chi connectivity index (χ0v) is 13.3. The molecule has 0 radical (unpaired) electrons. The van der Waals surface area contributed by atoms with Crippen LogP contribution in [-0.4, -0.2) is 15.9 Å². The maximum absolute atomic E-state index is 12.3. The van der Waals surface area contributed by atoms with Crippen molar-refractivity contribution < 1.29 is 4.79 Å². The molecule has 1 spiro atoms. The fourth-order valence-electron chi connectivity index (χ4n) is 3.72. The van der Waals surface area contributed by atoms with E-state index in [0.29, 0.717) is 12.0 Å². The first-order valence-corrected chi connectivity index (χ1v) is 8.60. The molecule has 1 amide bonds. The van der Waals surface area contributed by atoms with Gasteiger partial charge in [0.05, 0.1) is 18.2 Å². The summed E-state index contributed by atoms with van der Waals surface area (Å²) in [5.74, 6) is 0.462. The number of hydrogen-bond acceptors (Lipinski definition) is 2. The van der Waals surface area contributed by atoms with Crippen LogP contribution in [0.1, 0.15) is 44.1 Å². The average molecular weight is 309 g/mol. The summed E-state index contributed by atoms with van der Waals surface area (Å²) in [5.41, 5.74) is 3.91. The van der Waals surface area contributed by atoms with Crippen LogP contribution in [0.15, 0.2) is 36.8 Å². The summed E-state index contributed by atoms with van der Waals surface area (Å²) >= 11 is 0. The van der Waals surface area contributed by atoms with E-state index in [2.05, 4.69) is 39.6 Å². The number of H-pyrrole nitrogens is 1. The molecule has 120 valence electrons. The van der Waals surface area contributed by atoms with Crippen LogP contribution >= 0.6 is 0 Å². The number of aromatic amines is 1. The Kier molecular flexibility index (Phi) is 3.68. The quantitative estimate of drug-likeness (QED) is 0.905. The lowest BCUT2D eigenvalue weighted by Crippen LogP contribution is -2.33. The highest BCUT2D eigenvalue weighted by molar-refractivity contribution is 5.78. The van der Waals surface area contributed by atoms with Gasteiger partial charge in [-0.3, -0.25) is 4.79 Å². The van der Waals surface area contributed by atoms with Crippen molar-refractivity contribution in [3.63, 3.8) is 0 Å². The molecule has 0 unspecified atom stereocenters. The van der Waals surface area contributed by atoms with E-state index in [1.54, 1.807) is 6.33 Å². The van der Waals surface area contributed by atoms with Gasteiger partial charge in [0.2, 0.25) is 5.91 Å². The van der Waals surface area contributed by atoms with E-state index >= 15 is 0 Å². The van der Waals surface area contributed by atoms with Gasteiger partial charge in [0.25, 0.3) is 0 Å². The van der Waals surface area contributed by atoms with Crippen molar-refractivity contribution in [1.29, 1.82) is 0 Å². The smallest absolute Gasteiger partial charge is 0.223 e. The van der Waals surface area contributed by atoms with Gasteiger partial charge in [-0.2, -0.15) is 0 Å². The van der Waals surface area contributed by atoms with E-state index < -0.39 is 0 Å². The second-order valence-corrected chi connectivity index (χ2v) is 7.15. The van der Waals surface area contributed by atoms with Crippen LogP contribution in [0, 0.1) is 11.3 Å². The number of amides is 1. The van der Waals surface area contributed by atoms with Gasteiger partial charge in [-0.25, -0.2) is 4.98 Å². The summed E-state index contributed by atoms with van der Waals surface area (Å²) in [6.45, 7) is 0.615. The Morgan fingerprint density at radius 3 is 2.52 bits per heavy atom. The number of benzene rings is 1. The number of aromatic nitrogens is 2. The Hall–Kier alpha value is -2.10. The van der Waals surface area contributed by atoms with Crippen molar-refractivity contribution in [1.82, 2.24) is 15.3 Å². The molecule has 4 rings (SSSR count). The SMILES string of the molecule is O=C(NCc1ccc(-c2cnc[nH]2)cc1)C1CCC2(CC1)CC2. The van der Waals surface area contributed by atoms with Gasteiger partial charge in [0, 0.05) is 12.5 Å². The van der Waals surface area contributed by atoms with E-state index in [9.17, 15) is 4.79 Å². The highest BCUT2D eigenvalue weighted by Gasteiger charge is 2.45. The minimum absolute atomic E-state index is 0.227. The Morgan fingerprint density at radius 2 is 1.91 bits per heavy atom. The number of carbonyl (C=O) groups is 1. The molecule has 0 bridgehead atoms. The first-order valence-electron chi connectivity index (χ1n) is 8.60. The van der Waals surface area contributed by atoms with Crippen molar-refractivity contribution in [3.05, 3.63) is 42.4 Å². The molecule has 2 fully saturated rings. The Morgan fingerprint density at radius 1 is 1.17 bits per heavy atom. The first kappa shape index (κ1) is 14.5. The lowest BCUT2D eigenvalue weighted by molar-refractivity contribution is -0.126. The largest absolute Gasteiger partial charge is 0.352 e. The van der Waals surface area contributed by atoms with Gasteiger partial charge in [-0.1, -0.05) is 24.3 Å². The fourth-order valence-corrected chi connectivity index (χ4v) is 3.72. The Bertz CT molecular complexity index is 661. The van der Waals surface area contributed by atoms with Gasteiger partial charge in [-0.15, -0.1) is 0 Å². The van der Waals surface area contributed by atoms with Gasteiger partial charge >= 0.3 is 0 Å². The lowest BCUT2D eigenvalue weighted by Gasteiger charge is -2.27. The van der Waals surface area contributed by atoms with Crippen molar-refractivity contribution >= 4 is 5.91 Å². The monoisotopic (exact) mass is 309 g/mol. The molecule has 4 nitrogen and oxygen atoms in total. The number of hydrogen-bond donors (Lipinski definition) is 2. The van der Waals surface area contributed by atoms with Crippen molar-refractivity contribution in [2.24, 2.45) is 11.3 Å². The molecular weight excluding hydrogens is 286 g/mol. The van der Waals surface area contributed by atoms with E-state index in [1.165, 1.54) is 25.7 Å². The summed E-state index contributed by atoms with van der Waals surface area (Å²) in [6, 6.07) is 8.26. The summed E-state index contributed by atoms with van der Waals surface area (Å²) in [7, 11) is 0. The van der Waals surface area contributed by atoms with E-state index in [4.69, 9.17) is 0 Å². The summed E-state index contributed by atoms with van der Waals surface area (Å²) in [5, 5.41) is 3.11. The fraction of sp³-hybridized carbons (Fsp3) is 0.474. The van der Waals surface area contributed by atoms with Crippen LogP contribution in [0.2, 0.25) is 0 Å². The van der Waals surface area contributed by atoms with Crippen LogP contribution in [0.4, 0.5) is 0 Å². The highest BCUT2D eigenvalue weighted by atomic mass is 16.1. The second-order valence-electron chi connectivity index (χ2n) is 7.15. The molecule has 2 aliphatic carbocycles. The van der Waals surface area contributed by atoms with E-state index in [-0.39, 0.29) is 11.8 Å². The third kappa shape index (κ3) is 3.16. The molecule has 0 aliphatic heterocycles. The maximum Gasteiger partial charge on any atom is 0.223 e. The van der Waals surface area contributed by atoms with Gasteiger partial charge in [0.1, 0.15) is 0 Å². The van der Waals surface area contributed by atoms with Crippen LogP contribution < -0.4 is 5.32 Å². The van der Waals surface area contributed by atoms with E-state index in [1.807, 2.05) is 6.20 Å². The second kappa shape index (κ2) is 5.84. The van der Waals surface area contributed by atoms with Gasteiger partial charge in [-0.05, 0) is 55.1 Å². The maximum atomic E-state index is 12.3. The first-order chi connectivity index (χ1) is 11.2. The summed E-state index contributed by atoms with van der Waals surface area (Å²) in [6.07, 6.45) is 10.9. The molecule has 2 aliphatic rings. The molecule has 2 aromatic rings. The molecule has 1 heterocycles. The van der Waals surface area contributed by atoms with Gasteiger partial charge in [0.15, 0.2) is 0 Å². The highest BCUT2D eigenvalue weighted by Crippen LogP contribution is 2.57. The number of rotatable bonds is 4. The molecule has 1 aromatic carbocycles. The Labute approximate surface area is 136 Å². The molecule has 2 N–H and O–H groups in total. The predicted molar refractivity (Wildman–Crippen MR) is 89.5 cm³/mol. The molecule has 1 aromatic heterocycles. The zero-order chi connectivity index (χ0) is 15.7. The number of carbonyl (C=O) groups excluding carboxylic acids is 1. The van der Waals surface area contributed by atoms with Crippen LogP contribution in [0.5, 0.6) is 0 Å². The van der Waals surface area contributed by atoms with Crippen LogP contribution in [-0.2, 0) is 11.3 Å². The van der Waals surface area contributed by atoms with Crippen molar-refractivity contribution in [2.45, 2.75) is 45.1 Å². The molecule has 0 atom stereocenters. The zero-order valence-electron chi connectivity index (χ0n) is 13.3. The lowest BCUT2D eigenvalue weighted by atomic mass is 9.79. The molecule has 23 heavy (non-hydrogen) atoms. The molecule has 0 saturated heterocycles. The minimum atomic E-state index is 0.227. The minimum Gasteiger partial charge on any atom is -0.352 e. The number of nitrogens with one attached hydrogen (secondary N) is 2. The summed E-state index contributed by atoms with van der Waals surface area (Å²) in [4.78, 5) is 19.5. The molecular formula is C19H23N3O. The van der Waals surface area contributed by atoms with E-state index in [0.717, 1.165) is 29.7 Å². The van der Waals surface area contributed by atoms with Gasteiger partial charge < -0.3 is 10.3 Å². The van der Waals surface area contributed by atoms with Crippen molar-refractivity contribution in [3.8, 4) is 11.3 Å². The van der Waals surface area contributed by atoms with Crippen LogP contribution in [0.3, 0.4) is 0 Å². The summed E-state index contributed by atoms with van der Waals surface area (Å²) < 4.78 is 0. The Balaban J connectivity index is 1.29. The van der Waals surface area contributed by atoms with Crippen LogP contribution in [0.25, 0.3) is 11.3 Å². The number of imidazole rings is 1. The normalized spacial score (nSPS) is 19.7. The van der Waals surface area contributed by atoms with Crippen molar-refractivity contribution in [2.75, 3.05) is 0 Å². The standard InChI is InChI=1S/C19H23N3O/c23-18(16-5-7-19(8-6-16)9-10-19)21-11-14-1-3-15(4-2-14)17-12-20-13-22-17/h1-4,12-13,16H,5-11H2,(H,20,22)(H,21,23).